The number of methoxy groups -OCH3 is 1. The number of imide groups is 1. The zero-order valence-electron chi connectivity index (χ0n) is 22.0. The third-order valence-corrected chi connectivity index (χ3v) is 9.22. The molecule has 202 valence electrons. The van der Waals surface area contributed by atoms with Crippen molar-refractivity contribution in [2.75, 3.05) is 12.4 Å². The summed E-state index contributed by atoms with van der Waals surface area (Å²) in [6, 6.07) is 18.4. The van der Waals surface area contributed by atoms with Crippen molar-refractivity contribution in [1.29, 1.82) is 0 Å². The van der Waals surface area contributed by atoms with Crippen LogP contribution in [-0.4, -0.2) is 40.8 Å². The molecule has 3 aromatic carbocycles. The van der Waals surface area contributed by atoms with Crippen LogP contribution in [0.15, 0.2) is 66.9 Å². The molecular weight excluding hydrogens is 528 g/mol. The van der Waals surface area contributed by atoms with Crippen molar-refractivity contribution in [1.82, 2.24) is 15.2 Å². The molecule has 4 atom stereocenters. The molecule has 0 bridgehead atoms. The van der Waals surface area contributed by atoms with E-state index in [4.69, 9.17) is 16.3 Å². The number of para-hydroxylation sites is 2. The summed E-state index contributed by atoms with van der Waals surface area (Å²) in [5.74, 6) is -2.05. The van der Waals surface area contributed by atoms with Crippen LogP contribution in [0.5, 0.6) is 5.75 Å². The third kappa shape index (κ3) is 3.33. The van der Waals surface area contributed by atoms with E-state index in [0.29, 0.717) is 28.4 Å². The first-order valence-electron chi connectivity index (χ1n) is 13.3. The van der Waals surface area contributed by atoms with Gasteiger partial charge in [-0.05, 0) is 42.7 Å². The second kappa shape index (κ2) is 8.94. The number of fused-ring (bicyclic) bond motifs is 5. The second-order valence-corrected chi connectivity index (χ2v) is 11.2. The molecular formula is C31H27ClN4O4. The minimum Gasteiger partial charge on any atom is -0.496 e. The van der Waals surface area contributed by atoms with Gasteiger partial charge in [0.25, 0.3) is 0 Å². The van der Waals surface area contributed by atoms with Gasteiger partial charge in [0.15, 0.2) is 0 Å². The molecule has 4 heterocycles. The van der Waals surface area contributed by atoms with Crippen LogP contribution < -0.4 is 15.4 Å². The van der Waals surface area contributed by atoms with Crippen molar-refractivity contribution in [2.45, 2.75) is 31.5 Å². The first kappa shape index (κ1) is 24.9. The maximum Gasteiger partial charge on any atom is 0.250 e. The van der Waals surface area contributed by atoms with Gasteiger partial charge < -0.3 is 15.0 Å². The van der Waals surface area contributed by atoms with Gasteiger partial charge in [-0.15, -0.1) is 0 Å². The van der Waals surface area contributed by atoms with Gasteiger partial charge in [0, 0.05) is 39.3 Å². The predicted octanol–water partition coefficient (Wildman–Crippen LogP) is 4.30. The topological polar surface area (TPSA) is 104 Å². The maximum atomic E-state index is 14.2. The van der Waals surface area contributed by atoms with E-state index in [1.807, 2.05) is 55.6 Å². The lowest BCUT2D eigenvalue weighted by Gasteiger charge is -2.30. The molecule has 2 unspecified atom stereocenters. The van der Waals surface area contributed by atoms with Gasteiger partial charge in [-0.25, -0.2) is 0 Å². The Labute approximate surface area is 235 Å². The highest BCUT2D eigenvalue weighted by molar-refractivity contribution is 6.32. The summed E-state index contributed by atoms with van der Waals surface area (Å²) in [7, 11) is 1.56. The van der Waals surface area contributed by atoms with Crippen LogP contribution in [0.2, 0.25) is 5.02 Å². The summed E-state index contributed by atoms with van der Waals surface area (Å²) in [6.45, 7) is 1.91. The Bertz CT molecular complexity index is 1730. The highest BCUT2D eigenvalue weighted by Gasteiger charge is 2.70. The number of rotatable bonds is 5. The molecule has 9 heteroatoms. The fraction of sp³-hybridized carbons (Fsp3) is 0.258. The largest absolute Gasteiger partial charge is 0.496 e. The molecule has 0 saturated carbocycles. The quantitative estimate of drug-likeness (QED) is 0.319. The van der Waals surface area contributed by atoms with E-state index in [2.05, 4.69) is 15.6 Å². The number of aromatic amines is 1. The lowest BCUT2D eigenvalue weighted by Crippen LogP contribution is -2.53. The lowest BCUT2D eigenvalue weighted by atomic mass is 9.76. The Morgan fingerprint density at radius 1 is 0.975 bits per heavy atom. The number of carbonyl (C=O) groups is 3. The Balaban J connectivity index is 1.35. The zero-order valence-corrected chi connectivity index (χ0v) is 22.7. The number of nitrogens with one attached hydrogen (secondary N) is 3. The molecule has 0 radical (unpaired) electrons. The molecule has 8 nitrogen and oxygen atoms in total. The number of benzene rings is 3. The van der Waals surface area contributed by atoms with Crippen LogP contribution in [0, 0.1) is 18.8 Å². The van der Waals surface area contributed by atoms with E-state index < -0.39 is 23.4 Å². The number of amides is 3. The monoisotopic (exact) mass is 554 g/mol. The van der Waals surface area contributed by atoms with Crippen LogP contribution in [0.4, 0.5) is 5.69 Å². The molecule has 4 aromatic rings. The predicted molar refractivity (Wildman–Crippen MR) is 151 cm³/mol. The second-order valence-electron chi connectivity index (χ2n) is 10.7. The third-order valence-electron chi connectivity index (χ3n) is 8.81. The van der Waals surface area contributed by atoms with Crippen molar-refractivity contribution in [2.24, 2.45) is 11.8 Å². The van der Waals surface area contributed by atoms with E-state index in [-0.39, 0.29) is 24.3 Å². The number of anilines is 1. The van der Waals surface area contributed by atoms with Gasteiger partial charge in [0.2, 0.25) is 17.7 Å². The Morgan fingerprint density at radius 3 is 2.58 bits per heavy atom. The average Bonchev–Trinajstić information content (AvgIpc) is 3.67. The Hall–Kier alpha value is -4.14. The molecule has 3 aliphatic rings. The Kier molecular flexibility index (Phi) is 5.56. The van der Waals surface area contributed by atoms with Crippen LogP contribution in [0.25, 0.3) is 10.9 Å². The van der Waals surface area contributed by atoms with E-state index in [0.717, 1.165) is 27.6 Å². The smallest absolute Gasteiger partial charge is 0.250 e. The van der Waals surface area contributed by atoms with Gasteiger partial charge in [0.05, 0.1) is 31.2 Å². The number of ether oxygens (including phenoxy) is 1. The molecule has 3 N–H and O–H groups in total. The molecule has 2 fully saturated rings. The number of H-pyrrole nitrogens is 1. The van der Waals surface area contributed by atoms with Crippen molar-refractivity contribution in [3.63, 3.8) is 0 Å². The Morgan fingerprint density at radius 2 is 1.75 bits per heavy atom. The first-order valence-corrected chi connectivity index (χ1v) is 13.6. The fourth-order valence-electron chi connectivity index (χ4n) is 6.92. The van der Waals surface area contributed by atoms with Gasteiger partial charge >= 0.3 is 0 Å². The summed E-state index contributed by atoms with van der Waals surface area (Å²) < 4.78 is 5.49. The highest BCUT2D eigenvalue weighted by Crippen LogP contribution is 2.54. The average molecular weight is 555 g/mol. The maximum absolute atomic E-state index is 14.2. The van der Waals surface area contributed by atoms with Crippen molar-refractivity contribution < 1.29 is 19.1 Å². The van der Waals surface area contributed by atoms with Gasteiger partial charge in [-0.2, -0.15) is 0 Å². The minimum atomic E-state index is -1.39. The molecule has 0 aliphatic carbocycles. The van der Waals surface area contributed by atoms with Gasteiger partial charge in [-0.1, -0.05) is 54.1 Å². The van der Waals surface area contributed by atoms with Crippen LogP contribution in [0.1, 0.15) is 22.3 Å². The lowest BCUT2D eigenvalue weighted by molar-refractivity contribution is -0.143. The van der Waals surface area contributed by atoms with E-state index in [1.165, 1.54) is 4.90 Å². The normalized spacial score (nSPS) is 25.1. The first-order chi connectivity index (χ1) is 19.3. The number of carbonyl (C=O) groups excluding carboxylic acids is 3. The van der Waals surface area contributed by atoms with Crippen molar-refractivity contribution >= 4 is 45.9 Å². The van der Waals surface area contributed by atoms with Crippen LogP contribution in [0.3, 0.4) is 0 Å². The van der Waals surface area contributed by atoms with Gasteiger partial charge in [-0.3, -0.25) is 24.6 Å². The molecule has 40 heavy (non-hydrogen) atoms. The number of aromatic nitrogens is 1. The highest BCUT2D eigenvalue weighted by atomic mass is 35.5. The van der Waals surface area contributed by atoms with E-state index >= 15 is 0 Å². The summed E-state index contributed by atoms with van der Waals surface area (Å²) in [5.41, 5.74) is 3.30. The summed E-state index contributed by atoms with van der Waals surface area (Å²) in [4.78, 5) is 46.9. The fourth-order valence-corrected chi connectivity index (χ4v) is 7.08. The number of halogens is 1. The number of hydrogen-bond acceptors (Lipinski definition) is 5. The summed E-state index contributed by atoms with van der Waals surface area (Å²) in [5, 5.41) is 8.08. The molecule has 7 rings (SSSR count). The SMILES string of the molecule is COc1ccccc1CN1C(=O)[C@@H]2C(Cc3c[nH]c4ccccc34)NC3(C(=O)Nc4c3ccc(Cl)c4C)[C@@H]2C1=O. The standard InChI is InChI=1S/C31H27ClN4O4/c1-16-21(32)12-11-20-27(16)34-30(39)31(20)26-25(23(35-31)13-18-14-33-22-9-5-4-8-19(18)22)28(37)36(29(26)38)15-17-7-3-6-10-24(17)40-2/h3-12,14,23,25-26,33,35H,13,15H2,1-2H3,(H,34,39)/t23?,25-,26+,31?/m1/s1. The van der Waals surface area contributed by atoms with Crippen LogP contribution in [-0.2, 0) is 32.9 Å². The minimum absolute atomic E-state index is 0.0681. The number of likely N-dealkylation sites (tertiary alicyclic amines) is 1. The molecule has 3 amide bonds. The van der Waals surface area contributed by atoms with Crippen molar-refractivity contribution in [3.05, 3.63) is 94.1 Å². The molecule has 1 spiro atoms. The molecule has 2 saturated heterocycles. The van der Waals surface area contributed by atoms with E-state index in [9.17, 15) is 14.4 Å². The number of nitrogens with zero attached hydrogens (tertiary/aromatic N) is 1. The molecule has 3 aliphatic heterocycles. The summed E-state index contributed by atoms with van der Waals surface area (Å²) >= 11 is 6.40. The van der Waals surface area contributed by atoms with Crippen molar-refractivity contribution in [3.8, 4) is 5.75 Å². The molecule has 1 aromatic heterocycles. The van der Waals surface area contributed by atoms with E-state index in [1.54, 1.807) is 25.3 Å². The summed E-state index contributed by atoms with van der Waals surface area (Å²) in [6.07, 6.45) is 2.40. The number of hydrogen-bond donors (Lipinski definition) is 3. The zero-order chi connectivity index (χ0) is 27.8. The van der Waals surface area contributed by atoms with Crippen LogP contribution >= 0.6 is 11.6 Å². The van der Waals surface area contributed by atoms with Gasteiger partial charge in [0.1, 0.15) is 11.3 Å².